The average molecular weight is 272 g/mol. The molecule has 0 radical (unpaired) electrons. The molecule has 1 aromatic heterocycles. The molecule has 1 atom stereocenters. The SMILES string of the molecule is CCCSCC(NN)c1c(OC)cnn1CCC. The van der Waals surface area contributed by atoms with E-state index in [2.05, 4.69) is 24.4 Å². The van der Waals surface area contributed by atoms with Gasteiger partial charge in [-0.15, -0.1) is 0 Å². The minimum Gasteiger partial charge on any atom is -0.493 e. The molecule has 0 aliphatic carbocycles. The second-order valence-electron chi connectivity index (χ2n) is 4.12. The molecular formula is C12H24N4OS. The zero-order chi connectivity index (χ0) is 13.4. The van der Waals surface area contributed by atoms with Gasteiger partial charge in [0.2, 0.25) is 0 Å². The van der Waals surface area contributed by atoms with Gasteiger partial charge in [-0.3, -0.25) is 16.0 Å². The number of nitrogens with zero attached hydrogens (tertiary/aromatic N) is 2. The van der Waals surface area contributed by atoms with Gasteiger partial charge in [0, 0.05) is 12.3 Å². The summed E-state index contributed by atoms with van der Waals surface area (Å²) in [6, 6.07) is 0.0746. The number of aromatic nitrogens is 2. The van der Waals surface area contributed by atoms with E-state index in [-0.39, 0.29) is 6.04 Å². The van der Waals surface area contributed by atoms with Gasteiger partial charge in [-0.1, -0.05) is 13.8 Å². The van der Waals surface area contributed by atoms with E-state index in [1.165, 1.54) is 6.42 Å². The first-order valence-corrected chi connectivity index (χ1v) is 7.57. The Morgan fingerprint density at radius 2 is 2.28 bits per heavy atom. The van der Waals surface area contributed by atoms with E-state index in [1.54, 1.807) is 13.3 Å². The maximum Gasteiger partial charge on any atom is 0.161 e. The van der Waals surface area contributed by atoms with Crippen molar-refractivity contribution >= 4 is 11.8 Å². The van der Waals surface area contributed by atoms with Crippen molar-refractivity contribution in [3.8, 4) is 5.75 Å². The first kappa shape index (κ1) is 15.3. The molecule has 104 valence electrons. The predicted octanol–water partition coefficient (Wildman–Crippen LogP) is 1.95. The highest BCUT2D eigenvalue weighted by Gasteiger charge is 2.20. The van der Waals surface area contributed by atoms with Crippen molar-refractivity contribution < 1.29 is 4.74 Å². The first-order chi connectivity index (χ1) is 8.78. The predicted molar refractivity (Wildman–Crippen MR) is 76.8 cm³/mol. The third-order valence-corrected chi connectivity index (χ3v) is 3.93. The van der Waals surface area contributed by atoms with E-state index in [1.807, 2.05) is 16.4 Å². The Morgan fingerprint density at radius 1 is 1.50 bits per heavy atom. The smallest absolute Gasteiger partial charge is 0.161 e. The molecule has 1 aromatic rings. The number of nitrogens with one attached hydrogen (secondary N) is 1. The number of aryl methyl sites for hydroxylation is 1. The molecular weight excluding hydrogens is 248 g/mol. The van der Waals surface area contributed by atoms with Crippen LogP contribution in [-0.4, -0.2) is 28.4 Å². The van der Waals surface area contributed by atoms with E-state index >= 15 is 0 Å². The lowest BCUT2D eigenvalue weighted by molar-refractivity contribution is 0.396. The monoisotopic (exact) mass is 272 g/mol. The van der Waals surface area contributed by atoms with Gasteiger partial charge < -0.3 is 4.74 Å². The van der Waals surface area contributed by atoms with Crippen molar-refractivity contribution in [1.82, 2.24) is 15.2 Å². The molecule has 5 nitrogen and oxygen atoms in total. The molecule has 1 heterocycles. The number of thioether (sulfide) groups is 1. The molecule has 0 saturated heterocycles. The number of hydrogen-bond donors (Lipinski definition) is 2. The summed E-state index contributed by atoms with van der Waals surface area (Å²) in [5.74, 6) is 8.55. The molecule has 0 spiro atoms. The van der Waals surface area contributed by atoms with E-state index in [4.69, 9.17) is 10.6 Å². The third-order valence-electron chi connectivity index (χ3n) is 2.66. The molecule has 0 amide bonds. The van der Waals surface area contributed by atoms with E-state index in [9.17, 15) is 0 Å². The maximum atomic E-state index is 5.67. The number of hydrogen-bond acceptors (Lipinski definition) is 5. The van der Waals surface area contributed by atoms with Gasteiger partial charge >= 0.3 is 0 Å². The highest BCUT2D eigenvalue weighted by atomic mass is 32.2. The second kappa shape index (κ2) is 8.39. The number of nitrogens with two attached hydrogens (primary N) is 1. The van der Waals surface area contributed by atoms with Crippen LogP contribution in [0.3, 0.4) is 0 Å². The normalized spacial score (nSPS) is 12.7. The largest absolute Gasteiger partial charge is 0.493 e. The van der Waals surface area contributed by atoms with Gasteiger partial charge in [-0.25, -0.2) is 0 Å². The van der Waals surface area contributed by atoms with E-state index in [0.717, 1.165) is 35.9 Å². The van der Waals surface area contributed by atoms with Crippen LogP contribution in [0.4, 0.5) is 0 Å². The van der Waals surface area contributed by atoms with Gasteiger partial charge in [-0.05, 0) is 18.6 Å². The lowest BCUT2D eigenvalue weighted by Gasteiger charge is -2.18. The summed E-state index contributed by atoms with van der Waals surface area (Å²) < 4.78 is 7.36. The molecule has 1 unspecified atom stereocenters. The number of methoxy groups -OCH3 is 1. The van der Waals surface area contributed by atoms with Crippen LogP contribution in [-0.2, 0) is 6.54 Å². The first-order valence-electron chi connectivity index (χ1n) is 6.41. The Bertz CT molecular complexity index is 343. The van der Waals surface area contributed by atoms with Crippen LogP contribution in [0.2, 0.25) is 0 Å². The summed E-state index contributed by atoms with van der Waals surface area (Å²) in [4.78, 5) is 0. The summed E-state index contributed by atoms with van der Waals surface area (Å²) in [6.45, 7) is 5.20. The lowest BCUT2D eigenvalue weighted by atomic mass is 10.2. The van der Waals surface area contributed by atoms with E-state index in [0.29, 0.717) is 0 Å². The highest BCUT2D eigenvalue weighted by Crippen LogP contribution is 2.27. The van der Waals surface area contributed by atoms with Gasteiger partial charge in [0.1, 0.15) is 0 Å². The molecule has 0 aliphatic heterocycles. The molecule has 0 aromatic carbocycles. The molecule has 1 rings (SSSR count). The summed E-state index contributed by atoms with van der Waals surface area (Å²) in [6.07, 6.45) is 3.98. The van der Waals surface area contributed by atoms with Crippen molar-refractivity contribution in [2.45, 2.75) is 39.3 Å². The van der Waals surface area contributed by atoms with Crippen LogP contribution in [0.15, 0.2) is 6.20 Å². The van der Waals surface area contributed by atoms with Gasteiger partial charge in [0.05, 0.1) is 25.0 Å². The van der Waals surface area contributed by atoms with Crippen LogP contribution in [0.5, 0.6) is 5.75 Å². The fourth-order valence-electron chi connectivity index (χ4n) is 1.83. The summed E-state index contributed by atoms with van der Waals surface area (Å²) in [7, 11) is 1.67. The Kier molecular flexibility index (Phi) is 7.15. The standard InChI is InChI=1S/C12H24N4OS/c1-4-6-16-12(11(17-3)8-14-16)10(15-13)9-18-7-5-2/h8,10,15H,4-7,9,13H2,1-3H3. The minimum atomic E-state index is 0.0746. The van der Waals surface area contributed by atoms with Crippen LogP contribution in [0, 0.1) is 0 Å². The van der Waals surface area contributed by atoms with Crippen molar-refractivity contribution in [2.24, 2.45) is 5.84 Å². The minimum absolute atomic E-state index is 0.0746. The molecule has 6 heteroatoms. The number of ether oxygens (including phenoxy) is 1. The number of rotatable bonds is 9. The fourth-order valence-corrected chi connectivity index (χ4v) is 2.77. The average Bonchev–Trinajstić information content (AvgIpc) is 2.78. The third kappa shape index (κ3) is 3.90. The fraction of sp³-hybridized carbons (Fsp3) is 0.750. The Labute approximate surface area is 113 Å². The molecule has 0 aliphatic rings. The summed E-state index contributed by atoms with van der Waals surface area (Å²) in [5, 5.41) is 4.36. The Balaban J connectivity index is 2.83. The van der Waals surface area contributed by atoms with Crippen molar-refractivity contribution in [3.63, 3.8) is 0 Å². The summed E-state index contributed by atoms with van der Waals surface area (Å²) in [5.41, 5.74) is 3.92. The molecule has 3 N–H and O–H groups in total. The van der Waals surface area contributed by atoms with Crippen LogP contribution < -0.4 is 16.0 Å². The van der Waals surface area contributed by atoms with Crippen molar-refractivity contribution in [2.75, 3.05) is 18.6 Å². The Morgan fingerprint density at radius 3 is 2.83 bits per heavy atom. The zero-order valence-corrected chi connectivity index (χ0v) is 12.3. The quantitative estimate of drug-likeness (QED) is 0.409. The molecule has 0 fully saturated rings. The highest BCUT2D eigenvalue weighted by molar-refractivity contribution is 7.99. The maximum absolute atomic E-state index is 5.67. The molecule has 18 heavy (non-hydrogen) atoms. The Hall–Kier alpha value is -0.720. The van der Waals surface area contributed by atoms with Crippen LogP contribution in [0.25, 0.3) is 0 Å². The van der Waals surface area contributed by atoms with Gasteiger partial charge in [0.25, 0.3) is 0 Å². The topological polar surface area (TPSA) is 65.1 Å². The van der Waals surface area contributed by atoms with Crippen molar-refractivity contribution in [1.29, 1.82) is 0 Å². The van der Waals surface area contributed by atoms with Crippen LogP contribution >= 0.6 is 11.8 Å². The zero-order valence-electron chi connectivity index (χ0n) is 11.5. The lowest BCUT2D eigenvalue weighted by Crippen LogP contribution is -2.32. The number of hydrazine groups is 1. The van der Waals surface area contributed by atoms with Crippen LogP contribution in [0.1, 0.15) is 38.4 Å². The summed E-state index contributed by atoms with van der Waals surface area (Å²) >= 11 is 1.89. The van der Waals surface area contributed by atoms with Crippen molar-refractivity contribution in [3.05, 3.63) is 11.9 Å². The molecule has 0 bridgehead atoms. The van der Waals surface area contributed by atoms with Gasteiger partial charge in [-0.2, -0.15) is 16.9 Å². The second-order valence-corrected chi connectivity index (χ2v) is 5.27. The van der Waals surface area contributed by atoms with E-state index < -0.39 is 0 Å². The van der Waals surface area contributed by atoms with Gasteiger partial charge in [0.15, 0.2) is 5.75 Å². The molecule has 0 saturated carbocycles.